The van der Waals surface area contributed by atoms with Gasteiger partial charge >= 0.3 is 0 Å². The fraction of sp³-hybridized carbons (Fsp3) is 0.364. The van der Waals surface area contributed by atoms with Crippen LogP contribution in [0.15, 0.2) is 58.3 Å². The molecule has 1 fully saturated rings. The lowest BCUT2D eigenvalue weighted by molar-refractivity contribution is -0.126. The highest BCUT2D eigenvalue weighted by Crippen LogP contribution is 2.24. The average molecular weight is 494 g/mol. The molecule has 0 saturated carbocycles. The fourth-order valence-corrected chi connectivity index (χ4v) is 5.67. The first-order valence-corrected chi connectivity index (χ1v) is 13.5. The molecule has 0 unspecified atom stereocenters. The molecular formula is C22H27N3O6S2. The van der Waals surface area contributed by atoms with Crippen molar-refractivity contribution < 1.29 is 26.4 Å². The van der Waals surface area contributed by atoms with Crippen LogP contribution in [0.1, 0.15) is 35.7 Å². The molecule has 3 N–H and O–H groups in total. The molecule has 11 heteroatoms. The van der Waals surface area contributed by atoms with Crippen molar-refractivity contribution in [3.63, 3.8) is 0 Å². The molecule has 1 aliphatic heterocycles. The molecule has 0 bridgehead atoms. The Bertz CT molecular complexity index is 1220. The minimum atomic E-state index is -3.74. The number of ketones is 1. The van der Waals surface area contributed by atoms with Gasteiger partial charge in [0.2, 0.25) is 26.0 Å². The van der Waals surface area contributed by atoms with Gasteiger partial charge in [-0.05, 0) is 56.0 Å². The van der Waals surface area contributed by atoms with E-state index in [1.54, 1.807) is 12.1 Å². The third kappa shape index (κ3) is 6.26. The van der Waals surface area contributed by atoms with E-state index in [1.807, 2.05) is 0 Å². The number of hydrogen-bond donors (Lipinski definition) is 2. The first-order valence-electron chi connectivity index (χ1n) is 10.5. The number of Topliss-reactive ketones (excluding diaryl/α,β-unsaturated/α-hetero) is 1. The number of amides is 1. The maximum absolute atomic E-state index is 12.9. The Morgan fingerprint density at radius 1 is 0.939 bits per heavy atom. The van der Waals surface area contributed by atoms with E-state index in [9.17, 15) is 26.4 Å². The van der Waals surface area contributed by atoms with E-state index in [0.717, 1.165) is 5.56 Å². The Hall–Kier alpha value is -2.60. The molecular weight excluding hydrogens is 466 g/mol. The topological polar surface area (TPSA) is 144 Å². The average Bonchev–Trinajstić information content (AvgIpc) is 2.79. The van der Waals surface area contributed by atoms with Crippen LogP contribution in [0.25, 0.3) is 0 Å². The number of carbonyl (C=O) groups is 2. The molecule has 1 aliphatic rings. The van der Waals surface area contributed by atoms with Crippen LogP contribution < -0.4 is 10.5 Å². The van der Waals surface area contributed by atoms with Gasteiger partial charge in [-0.15, -0.1) is 0 Å². The lowest BCUT2D eigenvalue weighted by Gasteiger charge is -2.30. The molecule has 33 heavy (non-hydrogen) atoms. The Labute approximate surface area is 194 Å². The Morgan fingerprint density at radius 2 is 1.48 bits per heavy atom. The van der Waals surface area contributed by atoms with Crippen molar-refractivity contribution in [3.05, 3.63) is 59.7 Å². The van der Waals surface area contributed by atoms with Gasteiger partial charge in [0.25, 0.3) is 0 Å². The number of primary sulfonamides is 1. The van der Waals surface area contributed by atoms with Crippen LogP contribution >= 0.6 is 0 Å². The zero-order chi connectivity index (χ0) is 24.2. The third-order valence-corrected chi connectivity index (χ3v) is 8.53. The quantitative estimate of drug-likeness (QED) is 0.531. The molecule has 1 amide bonds. The van der Waals surface area contributed by atoms with E-state index in [1.165, 1.54) is 47.6 Å². The van der Waals surface area contributed by atoms with Crippen LogP contribution in [0.3, 0.4) is 0 Å². The number of nitrogens with two attached hydrogens (primary N) is 1. The van der Waals surface area contributed by atoms with Gasteiger partial charge in [0.05, 0.1) is 9.79 Å². The minimum absolute atomic E-state index is 0.0341. The summed E-state index contributed by atoms with van der Waals surface area (Å²) in [6, 6.07) is 12.0. The SMILES string of the molecule is CC(=O)c1ccc(S(=O)(=O)N2CCC(C(=O)NCCc3ccc(S(N)(=O)=O)cc3)CC2)cc1. The maximum atomic E-state index is 12.9. The van der Waals surface area contributed by atoms with Gasteiger partial charge in [-0.2, -0.15) is 4.31 Å². The van der Waals surface area contributed by atoms with Crippen LogP contribution in [0, 0.1) is 5.92 Å². The zero-order valence-electron chi connectivity index (χ0n) is 18.2. The molecule has 178 valence electrons. The Kier molecular flexibility index (Phi) is 7.68. The summed E-state index contributed by atoms with van der Waals surface area (Å²) in [6.45, 7) is 2.28. The number of benzene rings is 2. The molecule has 9 nitrogen and oxygen atoms in total. The zero-order valence-corrected chi connectivity index (χ0v) is 19.9. The van der Waals surface area contributed by atoms with Gasteiger partial charge in [0.1, 0.15) is 0 Å². The van der Waals surface area contributed by atoms with Gasteiger partial charge in [-0.25, -0.2) is 22.0 Å². The van der Waals surface area contributed by atoms with Crippen LogP contribution in [0.2, 0.25) is 0 Å². The molecule has 3 rings (SSSR count). The van der Waals surface area contributed by atoms with E-state index in [2.05, 4.69) is 5.32 Å². The number of piperidine rings is 1. The smallest absolute Gasteiger partial charge is 0.243 e. The van der Waals surface area contributed by atoms with Crippen molar-refractivity contribution in [2.45, 2.75) is 36.0 Å². The predicted octanol–water partition coefficient (Wildman–Crippen LogP) is 1.30. The van der Waals surface area contributed by atoms with Crippen LogP contribution in [0.4, 0.5) is 0 Å². The minimum Gasteiger partial charge on any atom is -0.356 e. The largest absolute Gasteiger partial charge is 0.356 e. The third-order valence-electron chi connectivity index (χ3n) is 5.69. The van der Waals surface area contributed by atoms with Gasteiger partial charge < -0.3 is 5.32 Å². The first-order chi connectivity index (χ1) is 15.5. The summed E-state index contributed by atoms with van der Waals surface area (Å²) in [6.07, 6.45) is 1.36. The number of sulfonamides is 2. The molecule has 1 saturated heterocycles. The van der Waals surface area contributed by atoms with Crippen LogP contribution in [0.5, 0.6) is 0 Å². The molecule has 0 spiro atoms. The summed E-state index contributed by atoms with van der Waals surface area (Å²) in [5, 5.41) is 7.94. The number of rotatable bonds is 8. The van der Waals surface area contributed by atoms with Gasteiger partial charge in [-0.1, -0.05) is 24.3 Å². The van der Waals surface area contributed by atoms with Crippen molar-refractivity contribution >= 4 is 31.7 Å². The maximum Gasteiger partial charge on any atom is 0.243 e. The van der Waals surface area contributed by atoms with E-state index >= 15 is 0 Å². The molecule has 2 aromatic rings. The molecule has 0 aromatic heterocycles. The summed E-state index contributed by atoms with van der Waals surface area (Å²) in [4.78, 5) is 24.0. The second kappa shape index (κ2) is 10.1. The number of nitrogens with one attached hydrogen (secondary N) is 1. The lowest BCUT2D eigenvalue weighted by Crippen LogP contribution is -2.43. The van der Waals surface area contributed by atoms with Gasteiger partial charge in [0, 0.05) is 31.1 Å². The highest BCUT2D eigenvalue weighted by Gasteiger charge is 2.32. The lowest BCUT2D eigenvalue weighted by atomic mass is 9.97. The molecule has 2 aromatic carbocycles. The number of hydrogen-bond acceptors (Lipinski definition) is 6. The van der Waals surface area contributed by atoms with Crippen molar-refractivity contribution in [2.24, 2.45) is 11.1 Å². The highest BCUT2D eigenvalue weighted by atomic mass is 32.2. The van der Waals surface area contributed by atoms with E-state index < -0.39 is 20.0 Å². The van der Waals surface area contributed by atoms with Crippen LogP contribution in [-0.4, -0.2) is 52.5 Å². The number of nitrogens with zero attached hydrogens (tertiary/aromatic N) is 1. The normalized spacial score (nSPS) is 15.8. The van der Waals surface area contributed by atoms with Crippen molar-refractivity contribution in [1.29, 1.82) is 0 Å². The monoisotopic (exact) mass is 493 g/mol. The standard InChI is InChI=1S/C22H27N3O6S2/c1-16(26)18-4-8-21(9-5-18)33(30,31)25-14-11-19(12-15-25)22(27)24-13-10-17-2-6-20(7-3-17)32(23,28)29/h2-9,19H,10-15H2,1H3,(H,24,27)(H2,23,28,29). The summed E-state index contributed by atoms with van der Waals surface area (Å²) >= 11 is 0. The molecule has 0 aliphatic carbocycles. The van der Waals surface area contributed by atoms with E-state index in [-0.39, 0.29) is 40.5 Å². The fourth-order valence-electron chi connectivity index (χ4n) is 3.69. The van der Waals surface area contributed by atoms with Crippen molar-refractivity contribution in [3.8, 4) is 0 Å². The number of carbonyl (C=O) groups excluding carboxylic acids is 2. The predicted molar refractivity (Wildman–Crippen MR) is 122 cm³/mol. The molecule has 0 atom stereocenters. The van der Waals surface area contributed by atoms with Gasteiger partial charge in [-0.3, -0.25) is 9.59 Å². The second-order valence-corrected chi connectivity index (χ2v) is 11.5. The van der Waals surface area contributed by atoms with Crippen molar-refractivity contribution in [1.82, 2.24) is 9.62 Å². The highest BCUT2D eigenvalue weighted by molar-refractivity contribution is 7.89. The summed E-state index contributed by atoms with van der Waals surface area (Å²) in [5.41, 5.74) is 1.31. The Morgan fingerprint density at radius 3 is 2.00 bits per heavy atom. The Balaban J connectivity index is 1.49. The summed E-state index contributed by atoms with van der Waals surface area (Å²) in [7, 11) is -7.42. The molecule has 0 radical (unpaired) electrons. The van der Waals surface area contributed by atoms with Crippen LogP contribution in [-0.2, 0) is 31.3 Å². The van der Waals surface area contributed by atoms with Crippen molar-refractivity contribution in [2.75, 3.05) is 19.6 Å². The van der Waals surface area contributed by atoms with Gasteiger partial charge in [0.15, 0.2) is 5.78 Å². The van der Waals surface area contributed by atoms with E-state index in [0.29, 0.717) is 31.4 Å². The molecule has 1 heterocycles. The first kappa shape index (κ1) is 25.0. The summed E-state index contributed by atoms with van der Waals surface area (Å²) < 4.78 is 49.7. The van der Waals surface area contributed by atoms with E-state index in [4.69, 9.17) is 5.14 Å². The second-order valence-electron chi connectivity index (χ2n) is 7.99. The summed E-state index contributed by atoms with van der Waals surface area (Å²) in [5.74, 6) is -0.536.